The number of nitrogens with zero attached hydrogens (tertiary/aromatic N) is 2. The molecule has 0 bridgehead atoms. The van der Waals surface area contributed by atoms with Gasteiger partial charge in [-0.1, -0.05) is 19.1 Å². The largest absolute Gasteiger partial charge is 0.350 e. The summed E-state index contributed by atoms with van der Waals surface area (Å²) < 4.78 is 2.06. The van der Waals surface area contributed by atoms with Crippen molar-refractivity contribution in [3.63, 3.8) is 0 Å². The number of hydrogen-bond acceptors (Lipinski definition) is 3. The predicted molar refractivity (Wildman–Crippen MR) is 85.8 cm³/mol. The fourth-order valence-corrected chi connectivity index (χ4v) is 3.28. The lowest BCUT2D eigenvalue weighted by Gasteiger charge is -2.07. The Morgan fingerprint density at radius 1 is 1.33 bits per heavy atom. The van der Waals surface area contributed by atoms with Crippen molar-refractivity contribution in [3.05, 3.63) is 52.5 Å². The van der Waals surface area contributed by atoms with Crippen LogP contribution >= 0.6 is 11.3 Å². The van der Waals surface area contributed by atoms with E-state index in [-0.39, 0.29) is 5.91 Å². The van der Waals surface area contributed by atoms with Gasteiger partial charge in [0.2, 0.25) is 0 Å². The van der Waals surface area contributed by atoms with Crippen molar-refractivity contribution in [2.24, 2.45) is 0 Å². The van der Waals surface area contributed by atoms with Crippen molar-refractivity contribution < 1.29 is 4.79 Å². The van der Waals surface area contributed by atoms with Crippen LogP contribution in [0.1, 0.15) is 22.2 Å². The molecule has 1 amide bonds. The molecule has 1 aromatic carbocycles. The van der Waals surface area contributed by atoms with Crippen molar-refractivity contribution in [2.45, 2.75) is 19.9 Å². The molecule has 0 aliphatic rings. The Balaban J connectivity index is 1.62. The molecule has 0 unspecified atom stereocenters. The lowest BCUT2D eigenvalue weighted by Crippen LogP contribution is -2.27. The first-order chi connectivity index (χ1) is 10.3. The monoisotopic (exact) mass is 299 g/mol. The minimum atomic E-state index is 0.0197. The Hall–Kier alpha value is -2.14. The maximum atomic E-state index is 12.2. The number of hydrogen-bond donors (Lipinski definition) is 1. The SMILES string of the molecule is CCc1ccsc1C(=O)NCCn1cnc2ccccc21. The Morgan fingerprint density at radius 2 is 2.19 bits per heavy atom. The van der Waals surface area contributed by atoms with Gasteiger partial charge >= 0.3 is 0 Å². The summed E-state index contributed by atoms with van der Waals surface area (Å²) in [6.07, 6.45) is 2.71. The van der Waals surface area contributed by atoms with Gasteiger partial charge in [0, 0.05) is 13.1 Å². The number of carbonyl (C=O) groups excluding carboxylic acids is 1. The number of thiophene rings is 1. The van der Waals surface area contributed by atoms with Crippen LogP contribution in [0.15, 0.2) is 42.0 Å². The highest BCUT2D eigenvalue weighted by molar-refractivity contribution is 7.12. The number of imidazole rings is 1. The fraction of sp³-hybridized carbons (Fsp3) is 0.250. The van der Waals surface area contributed by atoms with Crippen LogP contribution in [-0.4, -0.2) is 22.0 Å². The number of aryl methyl sites for hydroxylation is 1. The molecule has 0 atom stereocenters. The van der Waals surface area contributed by atoms with Crippen LogP contribution in [0.4, 0.5) is 0 Å². The van der Waals surface area contributed by atoms with E-state index in [2.05, 4.69) is 21.8 Å². The van der Waals surface area contributed by atoms with E-state index in [9.17, 15) is 4.79 Å². The van der Waals surface area contributed by atoms with Crippen molar-refractivity contribution in [1.29, 1.82) is 0 Å². The Labute approximate surface area is 127 Å². The standard InChI is InChI=1S/C16H17N3OS/c1-2-12-7-10-21-15(12)16(20)17-8-9-19-11-18-13-5-3-4-6-14(13)19/h3-7,10-11H,2,8-9H2,1H3,(H,17,20). The van der Waals surface area contributed by atoms with Gasteiger partial charge in [0.05, 0.1) is 22.2 Å². The highest BCUT2D eigenvalue weighted by Gasteiger charge is 2.11. The summed E-state index contributed by atoms with van der Waals surface area (Å²) in [5, 5.41) is 4.95. The van der Waals surface area contributed by atoms with E-state index >= 15 is 0 Å². The lowest BCUT2D eigenvalue weighted by molar-refractivity contribution is 0.0955. The Bertz CT molecular complexity index is 760. The molecule has 1 N–H and O–H groups in total. The summed E-state index contributed by atoms with van der Waals surface area (Å²) in [4.78, 5) is 17.3. The molecular formula is C16H17N3OS. The van der Waals surface area contributed by atoms with Crippen LogP contribution in [-0.2, 0) is 13.0 Å². The van der Waals surface area contributed by atoms with E-state index in [1.54, 1.807) is 0 Å². The summed E-state index contributed by atoms with van der Waals surface area (Å²) in [5.41, 5.74) is 3.19. The van der Waals surface area contributed by atoms with Crippen molar-refractivity contribution in [2.75, 3.05) is 6.54 Å². The summed E-state index contributed by atoms with van der Waals surface area (Å²) in [6.45, 7) is 3.38. The third-order valence-corrected chi connectivity index (χ3v) is 4.45. The zero-order valence-electron chi connectivity index (χ0n) is 11.9. The Morgan fingerprint density at radius 3 is 3.05 bits per heavy atom. The van der Waals surface area contributed by atoms with E-state index in [0.717, 1.165) is 34.4 Å². The van der Waals surface area contributed by atoms with Crippen molar-refractivity contribution in [3.8, 4) is 0 Å². The highest BCUT2D eigenvalue weighted by atomic mass is 32.1. The van der Waals surface area contributed by atoms with E-state index in [4.69, 9.17) is 0 Å². The van der Waals surface area contributed by atoms with Gasteiger partial charge in [-0.05, 0) is 35.6 Å². The maximum absolute atomic E-state index is 12.2. The van der Waals surface area contributed by atoms with Gasteiger partial charge in [-0.3, -0.25) is 4.79 Å². The lowest BCUT2D eigenvalue weighted by atomic mass is 10.2. The number of para-hydroxylation sites is 2. The number of fused-ring (bicyclic) bond motifs is 1. The minimum Gasteiger partial charge on any atom is -0.350 e. The predicted octanol–water partition coefficient (Wildman–Crippen LogP) is 3.09. The van der Waals surface area contributed by atoms with Gasteiger partial charge in [0.25, 0.3) is 5.91 Å². The highest BCUT2D eigenvalue weighted by Crippen LogP contribution is 2.17. The molecule has 3 rings (SSSR count). The normalized spacial score (nSPS) is 10.9. The molecule has 0 aliphatic carbocycles. The second kappa shape index (κ2) is 6.10. The van der Waals surface area contributed by atoms with E-state index < -0.39 is 0 Å². The van der Waals surface area contributed by atoms with Crippen LogP contribution < -0.4 is 5.32 Å². The molecular weight excluding hydrogens is 282 g/mol. The molecule has 0 saturated heterocycles. The smallest absolute Gasteiger partial charge is 0.261 e. The van der Waals surface area contributed by atoms with Crippen LogP contribution in [0.25, 0.3) is 11.0 Å². The second-order valence-corrected chi connectivity index (χ2v) is 5.73. The number of nitrogens with one attached hydrogen (secondary N) is 1. The van der Waals surface area contributed by atoms with Crippen molar-refractivity contribution >= 4 is 28.3 Å². The third kappa shape index (κ3) is 2.83. The molecule has 108 valence electrons. The number of amides is 1. The minimum absolute atomic E-state index is 0.0197. The summed E-state index contributed by atoms with van der Waals surface area (Å²) in [5.74, 6) is 0.0197. The molecule has 3 aromatic rings. The molecule has 0 radical (unpaired) electrons. The molecule has 0 aliphatic heterocycles. The van der Waals surface area contributed by atoms with Crippen molar-refractivity contribution in [1.82, 2.24) is 14.9 Å². The van der Waals surface area contributed by atoms with Gasteiger partial charge in [0.1, 0.15) is 0 Å². The summed E-state index contributed by atoms with van der Waals surface area (Å²) in [6, 6.07) is 10.0. The van der Waals surface area contributed by atoms with Gasteiger partial charge in [0.15, 0.2) is 0 Å². The molecule has 4 nitrogen and oxygen atoms in total. The average Bonchev–Trinajstić information content (AvgIpc) is 3.14. The van der Waals surface area contributed by atoms with Gasteiger partial charge in [-0.25, -0.2) is 4.98 Å². The second-order valence-electron chi connectivity index (χ2n) is 4.81. The van der Waals surface area contributed by atoms with Crippen LogP contribution in [0.3, 0.4) is 0 Å². The van der Waals surface area contributed by atoms with E-state index in [1.807, 2.05) is 42.0 Å². The van der Waals surface area contributed by atoms with Crippen LogP contribution in [0, 0.1) is 0 Å². The fourth-order valence-electron chi connectivity index (χ4n) is 2.37. The van der Waals surface area contributed by atoms with Gasteiger partial charge < -0.3 is 9.88 Å². The van der Waals surface area contributed by atoms with Crippen LogP contribution in [0.5, 0.6) is 0 Å². The molecule has 21 heavy (non-hydrogen) atoms. The third-order valence-electron chi connectivity index (χ3n) is 3.50. The van der Waals surface area contributed by atoms with Crippen LogP contribution in [0.2, 0.25) is 0 Å². The Kier molecular flexibility index (Phi) is 4.01. The van der Waals surface area contributed by atoms with E-state index in [0.29, 0.717) is 6.54 Å². The number of benzene rings is 1. The molecule has 0 fully saturated rings. The molecule has 5 heteroatoms. The molecule has 0 spiro atoms. The zero-order chi connectivity index (χ0) is 14.7. The number of rotatable bonds is 5. The average molecular weight is 299 g/mol. The molecule has 2 heterocycles. The molecule has 0 saturated carbocycles. The maximum Gasteiger partial charge on any atom is 0.261 e. The number of carbonyl (C=O) groups is 1. The molecule has 2 aromatic heterocycles. The van der Waals surface area contributed by atoms with E-state index in [1.165, 1.54) is 11.3 Å². The zero-order valence-corrected chi connectivity index (χ0v) is 12.7. The summed E-state index contributed by atoms with van der Waals surface area (Å²) in [7, 11) is 0. The first kappa shape index (κ1) is 13.8. The summed E-state index contributed by atoms with van der Waals surface area (Å²) >= 11 is 1.50. The quantitative estimate of drug-likeness (QED) is 0.787. The van der Waals surface area contributed by atoms with Gasteiger partial charge in [-0.2, -0.15) is 0 Å². The topological polar surface area (TPSA) is 46.9 Å². The first-order valence-corrected chi connectivity index (χ1v) is 7.92. The number of aromatic nitrogens is 2. The first-order valence-electron chi connectivity index (χ1n) is 7.04. The van der Waals surface area contributed by atoms with Gasteiger partial charge in [-0.15, -0.1) is 11.3 Å².